The Morgan fingerprint density at radius 1 is 0.846 bits per heavy atom. The van der Waals surface area contributed by atoms with E-state index in [4.69, 9.17) is 14.0 Å². The molecule has 0 bridgehead atoms. The number of halogens is 3. The maximum Gasteiger partial charge on any atom is 0.495 e. The van der Waals surface area contributed by atoms with Gasteiger partial charge in [-0.1, -0.05) is 6.07 Å². The quantitative estimate of drug-likeness (QED) is 0.769. The number of ether oxygens (including phenoxy) is 1. The predicted molar refractivity (Wildman–Crippen MR) is 92.8 cm³/mol. The van der Waals surface area contributed by atoms with Crippen molar-refractivity contribution in [2.45, 2.75) is 45.5 Å². The van der Waals surface area contributed by atoms with Gasteiger partial charge in [-0.15, -0.1) is 0 Å². The second-order valence-electron chi connectivity index (χ2n) is 7.33. The van der Waals surface area contributed by atoms with E-state index in [-0.39, 0.29) is 12.4 Å². The van der Waals surface area contributed by atoms with Crippen LogP contribution >= 0.6 is 0 Å². The van der Waals surface area contributed by atoms with E-state index in [1.165, 1.54) is 12.1 Å². The van der Waals surface area contributed by atoms with Crippen molar-refractivity contribution in [3.8, 4) is 5.75 Å². The van der Waals surface area contributed by atoms with Gasteiger partial charge in [0, 0.05) is 18.2 Å². The van der Waals surface area contributed by atoms with Gasteiger partial charge in [0.1, 0.15) is 29.8 Å². The molecule has 0 N–H and O–H groups in total. The maximum atomic E-state index is 13.8. The lowest BCUT2D eigenvalue weighted by atomic mass is 9.76. The first-order chi connectivity index (χ1) is 12.1. The molecule has 3 rings (SSSR count). The first-order valence-electron chi connectivity index (χ1n) is 8.30. The van der Waals surface area contributed by atoms with Gasteiger partial charge in [-0.05, 0) is 50.9 Å². The number of hydrogen-bond donors (Lipinski definition) is 0. The third-order valence-electron chi connectivity index (χ3n) is 4.85. The zero-order chi connectivity index (χ0) is 19.1. The molecule has 1 fully saturated rings. The summed E-state index contributed by atoms with van der Waals surface area (Å²) >= 11 is 0. The largest absolute Gasteiger partial charge is 0.495 e. The molecule has 0 saturated carbocycles. The summed E-state index contributed by atoms with van der Waals surface area (Å²) in [5.41, 5.74) is -0.0585. The molecular weight excluding hydrogens is 344 g/mol. The predicted octanol–water partition coefficient (Wildman–Crippen LogP) is 3.98. The van der Waals surface area contributed by atoms with Gasteiger partial charge >= 0.3 is 7.12 Å². The maximum absolute atomic E-state index is 13.8. The summed E-state index contributed by atoms with van der Waals surface area (Å²) < 4.78 is 57.8. The number of benzene rings is 2. The third-order valence-corrected chi connectivity index (χ3v) is 4.85. The van der Waals surface area contributed by atoms with Crippen molar-refractivity contribution < 1.29 is 27.2 Å². The minimum atomic E-state index is -0.765. The van der Waals surface area contributed by atoms with Gasteiger partial charge in [0.05, 0.1) is 11.2 Å². The molecule has 1 aliphatic rings. The average molecular weight is 364 g/mol. The minimum absolute atomic E-state index is 0.0113. The SMILES string of the molecule is CC1(C)OB(c2cc(F)ccc2COc2cc(F)cc(F)c2)OC1(C)C. The van der Waals surface area contributed by atoms with Gasteiger partial charge in [0.15, 0.2) is 0 Å². The second kappa shape index (κ2) is 6.63. The van der Waals surface area contributed by atoms with Crippen molar-refractivity contribution in [2.75, 3.05) is 0 Å². The van der Waals surface area contributed by atoms with Crippen LogP contribution < -0.4 is 10.2 Å². The van der Waals surface area contributed by atoms with Crippen molar-refractivity contribution in [2.24, 2.45) is 0 Å². The fourth-order valence-corrected chi connectivity index (χ4v) is 2.66. The van der Waals surface area contributed by atoms with Gasteiger partial charge in [-0.2, -0.15) is 0 Å². The third kappa shape index (κ3) is 3.74. The van der Waals surface area contributed by atoms with E-state index in [0.717, 1.165) is 18.2 Å². The summed E-state index contributed by atoms with van der Waals surface area (Å²) in [6.07, 6.45) is 0. The van der Waals surface area contributed by atoms with E-state index in [1.54, 1.807) is 6.07 Å². The van der Waals surface area contributed by atoms with Gasteiger partial charge in [-0.3, -0.25) is 0 Å². The van der Waals surface area contributed by atoms with E-state index in [1.807, 2.05) is 27.7 Å². The molecule has 0 amide bonds. The standard InChI is InChI=1S/C19H20BF3O3/c1-18(2)19(3,4)26-20(25-18)17-10-13(21)6-5-12(17)11-24-16-8-14(22)7-15(23)9-16/h5-10H,11H2,1-4H3. The molecule has 0 unspecified atom stereocenters. The number of hydrogen-bond acceptors (Lipinski definition) is 3. The van der Waals surface area contributed by atoms with Crippen LogP contribution in [0.15, 0.2) is 36.4 Å². The first-order valence-corrected chi connectivity index (χ1v) is 8.30. The Kier molecular flexibility index (Phi) is 4.79. The molecule has 0 aliphatic carbocycles. The van der Waals surface area contributed by atoms with E-state index < -0.39 is 35.8 Å². The minimum Gasteiger partial charge on any atom is -0.489 e. The Morgan fingerprint density at radius 3 is 2.00 bits per heavy atom. The van der Waals surface area contributed by atoms with Gasteiger partial charge in [0.25, 0.3) is 0 Å². The highest BCUT2D eigenvalue weighted by Crippen LogP contribution is 2.36. The zero-order valence-corrected chi connectivity index (χ0v) is 15.1. The number of rotatable bonds is 4. The fourth-order valence-electron chi connectivity index (χ4n) is 2.66. The lowest BCUT2D eigenvalue weighted by molar-refractivity contribution is 0.00578. The summed E-state index contributed by atoms with van der Waals surface area (Å²) in [7, 11) is -0.765. The van der Waals surface area contributed by atoms with Crippen LogP contribution in [0, 0.1) is 17.5 Å². The molecule has 0 radical (unpaired) electrons. The van der Waals surface area contributed by atoms with Gasteiger partial charge in [-0.25, -0.2) is 13.2 Å². The van der Waals surface area contributed by atoms with E-state index in [0.29, 0.717) is 11.0 Å². The van der Waals surface area contributed by atoms with Crippen LogP contribution in [0.3, 0.4) is 0 Å². The van der Waals surface area contributed by atoms with Crippen molar-refractivity contribution in [3.05, 3.63) is 59.4 Å². The summed E-state index contributed by atoms with van der Waals surface area (Å²) in [5.74, 6) is -1.85. The molecule has 0 spiro atoms. The highest BCUT2D eigenvalue weighted by Gasteiger charge is 2.52. The van der Waals surface area contributed by atoms with Crippen molar-refractivity contribution >= 4 is 12.6 Å². The molecule has 1 aliphatic heterocycles. The van der Waals surface area contributed by atoms with Crippen LogP contribution in [0.4, 0.5) is 13.2 Å². The molecule has 0 atom stereocenters. The van der Waals surface area contributed by atoms with E-state index in [2.05, 4.69) is 0 Å². The van der Waals surface area contributed by atoms with Crippen molar-refractivity contribution in [3.63, 3.8) is 0 Å². The van der Waals surface area contributed by atoms with Gasteiger partial charge in [0.2, 0.25) is 0 Å². The lowest BCUT2D eigenvalue weighted by Crippen LogP contribution is -2.41. The molecule has 3 nitrogen and oxygen atoms in total. The van der Waals surface area contributed by atoms with E-state index in [9.17, 15) is 13.2 Å². The molecule has 26 heavy (non-hydrogen) atoms. The van der Waals surface area contributed by atoms with Crippen LogP contribution in [0.1, 0.15) is 33.3 Å². The van der Waals surface area contributed by atoms with Crippen LogP contribution in [0.25, 0.3) is 0 Å². The summed E-state index contributed by atoms with van der Waals surface area (Å²) in [5, 5.41) is 0. The average Bonchev–Trinajstić information content (AvgIpc) is 2.73. The highest BCUT2D eigenvalue weighted by atomic mass is 19.1. The van der Waals surface area contributed by atoms with Crippen LogP contribution in [-0.2, 0) is 15.9 Å². The Labute approximate surface area is 151 Å². The normalized spacial score (nSPS) is 18.2. The topological polar surface area (TPSA) is 27.7 Å². The molecule has 0 aromatic heterocycles. The Hall–Kier alpha value is -1.99. The molecular formula is C19H20BF3O3. The van der Waals surface area contributed by atoms with E-state index >= 15 is 0 Å². The van der Waals surface area contributed by atoms with Crippen LogP contribution in [0.5, 0.6) is 5.75 Å². The first kappa shape index (κ1) is 18.8. The summed E-state index contributed by atoms with van der Waals surface area (Å²) in [6, 6.07) is 7.10. The molecule has 2 aromatic carbocycles. The summed E-state index contributed by atoms with van der Waals surface area (Å²) in [6.45, 7) is 7.59. The smallest absolute Gasteiger partial charge is 0.489 e. The summed E-state index contributed by atoms with van der Waals surface area (Å²) in [4.78, 5) is 0. The molecule has 1 heterocycles. The highest BCUT2D eigenvalue weighted by molar-refractivity contribution is 6.62. The molecule has 2 aromatic rings. The molecule has 138 valence electrons. The van der Waals surface area contributed by atoms with Crippen LogP contribution in [-0.4, -0.2) is 18.3 Å². The van der Waals surface area contributed by atoms with Crippen molar-refractivity contribution in [1.29, 1.82) is 0 Å². The molecule has 7 heteroatoms. The van der Waals surface area contributed by atoms with Crippen LogP contribution in [0.2, 0.25) is 0 Å². The lowest BCUT2D eigenvalue weighted by Gasteiger charge is -2.32. The monoisotopic (exact) mass is 364 g/mol. The fraction of sp³-hybridized carbons (Fsp3) is 0.368. The Balaban J connectivity index is 1.85. The zero-order valence-electron chi connectivity index (χ0n) is 15.1. The van der Waals surface area contributed by atoms with Gasteiger partial charge < -0.3 is 14.0 Å². The molecule has 1 saturated heterocycles. The van der Waals surface area contributed by atoms with Crippen molar-refractivity contribution in [1.82, 2.24) is 0 Å². The Bertz CT molecular complexity index is 787. The second-order valence-corrected chi connectivity index (χ2v) is 7.33. The Morgan fingerprint density at radius 2 is 1.42 bits per heavy atom.